The average molecular weight is 460 g/mol. The topological polar surface area (TPSA) is 95.1 Å². The Hall–Kier alpha value is -2.71. The van der Waals surface area contributed by atoms with Crippen LogP contribution in [0.4, 0.5) is 5.69 Å². The lowest BCUT2D eigenvalue weighted by molar-refractivity contribution is -0.115. The molecule has 0 saturated heterocycles. The first-order chi connectivity index (χ1) is 14.6. The second-order valence-electron chi connectivity index (χ2n) is 8.06. The molecule has 164 valence electrons. The number of thioether (sulfide) groups is 1. The van der Waals surface area contributed by atoms with Crippen LogP contribution in [-0.2, 0) is 16.8 Å². The molecule has 0 spiro atoms. The van der Waals surface area contributed by atoms with Gasteiger partial charge in [0.1, 0.15) is 12.4 Å². The smallest absolute Gasteiger partial charge is 0.237 e. The molecule has 0 fully saturated rings. The number of para-hydroxylation sites is 1. The average Bonchev–Trinajstić information content (AvgIpc) is 3.07. The fourth-order valence-corrected chi connectivity index (χ4v) is 3.67. The Bertz CT molecular complexity index is 1050. The highest BCUT2D eigenvalue weighted by molar-refractivity contribution is 8.00. The molecule has 0 saturated carbocycles. The molecule has 0 aliphatic heterocycles. The minimum absolute atomic E-state index is 0.0803. The Labute approximate surface area is 191 Å². The number of hydrogen-bond donors (Lipinski definition) is 2. The summed E-state index contributed by atoms with van der Waals surface area (Å²) >= 11 is 7.30. The fourth-order valence-electron chi connectivity index (χ4n) is 2.69. The maximum Gasteiger partial charge on any atom is 0.237 e. The van der Waals surface area contributed by atoms with Crippen LogP contribution in [0.15, 0.2) is 53.7 Å². The van der Waals surface area contributed by atoms with Crippen molar-refractivity contribution in [3.8, 4) is 5.75 Å². The number of carbonyl (C=O) groups is 1. The highest BCUT2D eigenvalue weighted by atomic mass is 35.5. The first-order valence-electron chi connectivity index (χ1n) is 9.80. The van der Waals surface area contributed by atoms with Gasteiger partial charge in [-0.2, -0.15) is 0 Å². The summed E-state index contributed by atoms with van der Waals surface area (Å²) in [6.45, 7) is 8.41. The molecule has 7 nitrogen and oxygen atoms in total. The molecular formula is C22H26ClN5O2S. The third-order valence-corrected chi connectivity index (χ3v) is 5.99. The van der Waals surface area contributed by atoms with E-state index in [1.807, 2.05) is 24.3 Å². The predicted octanol–water partition coefficient (Wildman–Crippen LogP) is 4.64. The zero-order valence-corrected chi connectivity index (χ0v) is 19.5. The zero-order valence-electron chi connectivity index (χ0n) is 17.9. The molecule has 0 aliphatic rings. The molecule has 1 atom stereocenters. The molecule has 0 bridgehead atoms. The third kappa shape index (κ3) is 5.92. The summed E-state index contributed by atoms with van der Waals surface area (Å²) in [6, 6.07) is 15.0. The Balaban J connectivity index is 1.58. The SMILES string of the molecule is CC(Sc1nnc(COc2ccc(C(C)(C)C)cc2)n1N)C(=O)Nc1ccccc1Cl. The third-order valence-electron chi connectivity index (χ3n) is 4.61. The molecule has 1 aromatic heterocycles. The van der Waals surface area contributed by atoms with Crippen molar-refractivity contribution in [1.82, 2.24) is 14.9 Å². The zero-order chi connectivity index (χ0) is 22.6. The van der Waals surface area contributed by atoms with E-state index in [1.54, 1.807) is 31.2 Å². The van der Waals surface area contributed by atoms with E-state index in [1.165, 1.54) is 22.0 Å². The number of benzene rings is 2. The van der Waals surface area contributed by atoms with Crippen LogP contribution in [0.25, 0.3) is 0 Å². The molecule has 31 heavy (non-hydrogen) atoms. The van der Waals surface area contributed by atoms with Crippen LogP contribution < -0.4 is 15.9 Å². The Morgan fingerprint density at radius 3 is 2.52 bits per heavy atom. The van der Waals surface area contributed by atoms with Crippen molar-refractivity contribution in [2.75, 3.05) is 11.2 Å². The van der Waals surface area contributed by atoms with Crippen LogP contribution in [0, 0.1) is 0 Å². The Kier molecular flexibility index (Phi) is 7.12. The van der Waals surface area contributed by atoms with Crippen molar-refractivity contribution in [2.45, 2.75) is 50.1 Å². The number of halogens is 1. The lowest BCUT2D eigenvalue weighted by atomic mass is 9.87. The van der Waals surface area contributed by atoms with Crippen molar-refractivity contribution in [3.05, 3.63) is 64.9 Å². The van der Waals surface area contributed by atoms with E-state index in [-0.39, 0.29) is 17.9 Å². The van der Waals surface area contributed by atoms with Gasteiger partial charge in [0.25, 0.3) is 0 Å². The fraction of sp³-hybridized carbons (Fsp3) is 0.318. The molecule has 3 aromatic rings. The van der Waals surface area contributed by atoms with Gasteiger partial charge in [-0.1, -0.05) is 68.4 Å². The van der Waals surface area contributed by atoms with Gasteiger partial charge in [-0.3, -0.25) is 4.79 Å². The first-order valence-corrected chi connectivity index (χ1v) is 11.1. The maximum atomic E-state index is 12.5. The summed E-state index contributed by atoms with van der Waals surface area (Å²) in [7, 11) is 0. The first kappa shape index (κ1) is 23.0. The van der Waals surface area contributed by atoms with E-state index in [2.05, 4.69) is 36.3 Å². The van der Waals surface area contributed by atoms with E-state index >= 15 is 0 Å². The summed E-state index contributed by atoms with van der Waals surface area (Å²) in [4.78, 5) is 12.5. The second kappa shape index (κ2) is 9.62. The van der Waals surface area contributed by atoms with Crippen LogP contribution in [0.3, 0.4) is 0 Å². The highest BCUT2D eigenvalue weighted by Crippen LogP contribution is 2.26. The predicted molar refractivity (Wildman–Crippen MR) is 125 cm³/mol. The lowest BCUT2D eigenvalue weighted by Gasteiger charge is -2.19. The molecule has 0 radical (unpaired) electrons. The van der Waals surface area contributed by atoms with Crippen molar-refractivity contribution >= 4 is 35.0 Å². The van der Waals surface area contributed by atoms with Gasteiger partial charge in [0.05, 0.1) is 16.0 Å². The standard InChI is InChI=1S/C22H26ClN5O2S/c1-14(20(29)25-18-8-6-5-7-17(18)23)31-21-27-26-19(28(21)24)13-30-16-11-9-15(10-12-16)22(2,3)4/h5-12,14H,13,24H2,1-4H3,(H,25,29). The number of hydrogen-bond acceptors (Lipinski definition) is 6. The summed E-state index contributed by atoms with van der Waals surface area (Å²) in [5, 5.41) is 11.4. The minimum atomic E-state index is -0.457. The molecule has 1 heterocycles. The van der Waals surface area contributed by atoms with Gasteiger partial charge in [0, 0.05) is 0 Å². The van der Waals surface area contributed by atoms with Gasteiger partial charge in [0.2, 0.25) is 11.1 Å². The number of nitrogens with two attached hydrogens (primary N) is 1. The van der Waals surface area contributed by atoms with Crippen LogP contribution in [0.5, 0.6) is 5.75 Å². The number of anilines is 1. The monoisotopic (exact) mass is 459 g/mol. The van der Waals surface area contributed by atoms with E-state index in [0.717, 1.165) is 5.75 Å². The number of nitrogens with zero attached hydrogens (tertiary/aromatic N) is 3. The molecule has 0 aliphatic carbocycles. The van der Waals surface area contributed by atoms with Gasteiger partial charge in [-0.25, -0.2) is 4.68 Å². The maximum absolute atomic E-state index is 12.5. The Morgan fingerprint density at radius 2 is 1.87 bits per heavy atom. The molecule has 9 heteroatoms. The van der Waals surface area contributed by atoms with Gasteiger partial charge >= 0.3 is 0 Å². The largest absolute Gasteiger partial charge is 0.486 e. The Morgan fingerprint density at radius 1 is 1.19 bits per heavy atom. The van der Waals surface area contributed by atoms with Gasteiger partial charge in [-0.15, -0.1) is 10.2 Å². The van der Waals surface area contributed by atoms with Crippen LogP contribution in [-0.4, -0.2) is 26.0 Å². The van der Waals surface area contributed by atoms with E-state index in [4.69, 9.17) is 22.2 Å². The molecule has 1 unspecified atom stereocenters. The van der Waals surface area contributed by atoms with Crippen molar-refractivity contribution in [3.63, 3.8) is 0 Å². The van der Waals surface area contributed by atoms with Gasteiger partial charge < -0.3 is 15.9 Å². The second-order valence-corrected chi connectivity index (χ2v) is 9.78. The number of rotatable bonds is 7. The molecule has 3 N–H and O–H groups in total. The molecule has 1 amide bonds. The number of nitrogens with one attached hydrogen (secondary N) is 1. The summed E-state index contributed by atoms with van der Waals surface area (Å²) in [5.74, 6) is 7.08. The molecule has 2 aromatic carbocycles. The van der Waals surface area contributed by atoms with Crippen molar-refractivity contribution in [1.29, 1.82) is 0 Å². The van der Waals surface area contributed by atoms with Crippen LogP contribution in [0.2, 0.25) is 5.02 Å². The number of aromatic nitrogens is 3. The normalized spacial score (nSPS) is 12.4. The van der Waals surface area contributed by atoms with Crippen LogP contribution in [0.1, 0.15) is 39.1 Å². The number of ether oxygens (including phenoxy) is 1. The summed E-state index contributed by atoms with van der Waals surface area (Å²) < 4.78 is 7.13. The summed E-state index contributed by atoms with van der Waals surface area (Å²) in [5.41, 5.74) is 1.86. The molecule has 3 rings (SSSR count). The van der Waals surface area contributed by atoms with E-state index in [0.29, 0.717) is 21.7 Å². The van der Waals surface area contributed by atoms with E-state index in [9.17, 15) is 4.79 Å². The number of nitrogen functional groups attached to an aromatic ring is 1. The van der Waals surface area contributed by atoms with Crippen LogP contribution >= 0.6 is 23.4 Å². The minimum Gasteiger partial charge on any atom is -0.486 e. The number of carbonyl (C=O) groups excluding carboxylic acids is 1. The lowest BCUT2D eigenvalue weighted by Crippen LogP contribution is -2.24. The highest BCUT2D eigenvalue weighted by Gasteiger charge is 2.20. The van der Waals surface area contributed by atoms with Gasteiger partial charge in [-0.05, 0) is 42.2 Å². The van der Waals surface area contributed by atoms with Gasteiger partial charge in [0.15, 0.2) is 5.82 Å². The number of amides is 1. The molecular weight excluding hydrogens is 434 g/mol. The van der Waals surface area contributed by atoms with Crippen molar-refractivity contribution in [2.24, 2.45) is 0 Å². The van der Waals surface area contributed by atoms with E-state index < -0.39 is 5.25 Å². The summed E-state index contributed by atoms with van der Waals surface area (Å²) in [6.07, 6.45) is 0. The van der Waals surface area contributed by atoms with Crippen molar-refractivity contribution < 1.29 is 9.53 Å². The quantitative estimate of drug-likeness (QED) is 0.394.